The molecule has 0 radical (unpaired) electrons. The molecule has 0 aromatic heterocycles. The lowest BCUT2D eigenvalue weighted by Gasteiger charge is -2.12. The van der Waals surface area contributed by atoms with Gasteiger partial charge in [0.2, 0.25) is 0 Å². The molecule has 0 saturated heterocycles. The lowest BCUT2D eigenvalue weighted by molar-refractivity contribution is 0.279. The summed E-state index contributed by atoms with van der Waals surface area (Å²) in [5.41, 5.74) is 0.551. The summed E-state index contributed by atoms with van der Waals surface area (Å²) in [6.45, 7) is 0.827. The van der Waals surface area contributed by atoms with Crippen LogP contribution in [0.15, 0.2) is 28.7 Å². The number of hydrogen-bond acceptors (Lipinski definition) is 1. The molecule has 1 aromatic carbocycles. The number of rotatable bonds is 5. The zero-order valence-corrected chi connectivity index (χ0v) is 11.7. The Labute approximate surface area is 107 Å². The van der Waals surface area contributed by atoms with Gasteiger partial charge in [0, 0.05) is 9.80 Å². The predicted octanol–water partition coefficient (Wildman–Crippen LogP) is 4.39. The molecule has 0 aliphatic heterocycles. The highest BCUT2D eigenvalue weighted by Gasteiger charge is 2.40. The van der Waals surface area contributed by atoms with Crippen molar-refractivity contribution in [3.8, 4) is 5.75 Å². The van der Waals surface area contributed by atoms with E-state index in [1.165, 1.54) is 12.8 Å². The Morgan fingerprint density at radius 2 is 1.87 bits per heavy atom. The third-order valence-electron chi connectivity index (χ3n) is 2.96. The predicted molar refractivity (Wildman–Crippen MR) is 69.7 cm³/mol. The first-order valence-electron chi connectivity index (χ1n) is 5.18. The van der Waals surface area contributed by atoms with Gasteiger partial charge in [-0.25, -0.2) is 0 Å². The summed E-state index contributed by atoms with van der Waals surface area (Å²) in [6, 6.07) is 8.01. The highest BCUT2D eigenvalue weighted by atomic mass is 79.9. The molecular formula is C12H14Br2O. The smallest absolute Gasteiger partial charge is 0.119 e. The van der Waals surface area contributed by atoms with Gasteiger partial charge >= 0.3 is 0 Å². The van der Waals surface area contributed by atoms with Crippen molar-refractivity contribution in [1.29, 1.82) is 0 Å². The summed E-state index contributed by atoms with van der Waals surface area (Å²) in [7, 11) is 0. The van der Waals surface area contributed by atoms with Crippen LogP contribution in [0.5, 0.6) is 5.75 Å². The van der Waals surface area contributed by atoms with Crippen LogP contribution in [0.3, 0.4) is 0 Å². The van der Waals surface area contributed by atoms with Crippen LogP contribution in [0.1, 0.15) is 19.3 Å². The van der Waals surface area contributed by atoms with Crippen molar-refractivity contribution in [3.05, 3.63) is 28.7 Å². The van der Waals surface area contributed by atoms with Gasteiger partial charge in [-0.05, 0) is 48.9 Å². The van der Waals surface area contributed by atoms with E-state index in [9.17, 15) is 0 Å². The molecule has 2 rings (SSSR count). The molecular weight excluding hydrogens is 320 g/mol. The van der Waals surface area contributed by atoms with Crippen LogP contribution in [-0.2, 0) is 0 Å². The van der Waals surface area contributed by atoms with E-state index in [1.54, 1.807) is 0 Å². The van der Waals surface area contributed by atoms with Crippen molar-refractivity contribution in [2.75, 3.05) is 11.9 Å². The van der Waals surface area contributed by atoms with Gasteiger partial charge in [0.15, 0.2) is 0 Å². The molecule has 1 saturated carbocycles. The van der Waals surface area contributed by atoms with E-state index in [0.29, 0.717) is 5.41 Å². The minimum Gasteiger partial charge on any atom is -0.494 e. The third-order valence-corrected chi connectivity index (χ3v) is 4.67. The van der Waals surface area contributed by atoms with Crippen LogP contribution in [-0.4, -0.2) is 11.9 Å². The number of ether oxygens (including phenoxy) is 1. The van der Waals surface area contributed by atoms with Crippen LogP contribution in [0, 0.1) is 5.41 Å². The first kappa shape index (κ1) is 11.5. The molecule has 0 amide bonds. The molecule has 0 atom stereocenters. The normalized spacial score (nSPS) is 17.5. The average Bonchev–Trinajstić information content (AvgIpc) is 3.02. The molecule has 3 heteroatoms. The molecule has 1 nitrogen and oxygen atoms in total. The van der Waals surface area contributed by atoms with Crippen LogP contribution in [0.25, 0.3) is 0 Å². The van der Waals surface area contributed by atoms with E-state index in [-0.39, 0.29) is 0 Å². The number of alkyl halides is 1. The summed E-state index contributed by atoms with van der Waals surface area (Å²) in [4.78, 5) is 0. The number of hydrogen-bond donors (Lipinski definition) is 0. The molecule has 82 valence electrons. The largest absolute Gasteiger partial charge is 0.494 e. The zero-order valence-electron chi connectivity index (χ0n) is 8.51. The number of benzene rings is 1. The Balaban J connectivity index is 1.76. The van der Waals surface area contributed by atoms with Gasteiger partial charge < -0.3 is 4.74 Å². The van der Waals surface area contributed by atoms with Gasteiger partial charge in [-0.15, -0.1) is 0 Å². The Hall–Kier alpha value is -0.0200. The summed E-state index contributed by atoms with van der Waals surface area (Å²) in [5.74, 6) is 0.962. The highest BCUT2D eigenvalue weighted by molar-refractivity contribution is 9.10. The first-order chi connectivity index (χ1) is 7.24. The van der Waals surface area contributed by atoms with Crippen molar-refractivity contribution in [2.45, 2.75) is 19.3 Å². The maximum absolute atomic E-state index is 5.70. The summed E-state index contributed by atoms with van der Waals surface area (Å²) < 4.78 is 6.79. The van der Waals surface area contributed by atoms with Crippen LogP contribution in [0.4, 0.5) is 0 Å². The second kappa shape index (κ2) is 4.88. The Bertz CT molecular complexity index is 317. The third kappa shape index (κ3) is 3.22. The standard InChI is InChI=1S/C12H14Br2O/c13-9-12(5-6-12)7-8-15-11-3-1-10(14)2-4-11/h1-4H,5-9H2. The molecule has 1 fully saturated rings. The molecule has 1 aliphatic carbocycles. The van der Waals surface area contributed by atoms with Crippen molar-refractivity contribution >= 4 is 31.9 Å². The van der Waals surface area contributed by atoms with E-state index in [4.69, 9.17) is 4.74 Å². The summed E-state index contributed by atoms with van der Waals surface area (Å²) in [6.07, 6.45) is 3.86. The van der Waals surface area contributed by atoms with Gasteiger partial charge in [0.1, 0.15) is 5.75 Å². The minimum atomic E-state index is 0.551. The Morgan fingerprint density at radius 1 is 1.20 bits per heavy atom. The van der Waals surface area contributed by atoms with Crippen LogP contribution in [0.2, 0.25) is 0 Å². The van der Waals surface area contributed by atoms with Gasteiger partial charge in [-0.2, -0.15) is 0 Å². The van der Waals surface area contributed by atoms with Crippen molar-refractivity contribution in [2.24, 2.45) is 5.41 Å². The Morgan fingerprint density at radius 3 is 2.40 bits per heavy atom. The van der Waals surface area contributed by atoms with Crippen molar-refractivity contribution < 1.29 is 4.74 Å². The van der Waals surface area contributed by atoms with Crippen molar-refractivity contribution in [1.82, 2.24) is 0 Å². The molecule has 0 spiro atoms. The molecule has 1 aliphatic rings. The van der Waals surface area contributed by atoms with E-state index in [2.05, 4.69) is 31.9 Å². The quantitative estimate of drug-likeness (QED) is 0.726. The number of halogens is 2. The first-order valence-corrected chi connectivity index (χ1v) is 7.10. The fourth-order valence-electron chi connectivity index (χ4n) is 1.54. The molecule has 0 N–H and O–H groups in total. The highest BCUT2D eigenvalue weighted by Crippen LogP contribution is 2.49. The van der Waals surface area contributed by atoms with Gasteiger partial charge in [-0.1, -0.05) is 31.9 Å². The minimum absolute atomic E-state index is 0.551. The lowest BCUT2D eigenvalue weighted by atomic mass is 10.1. The monoisotopic (exact) mass is 332 g/mol. The maximum Gasteiger partial charge on any atom is 0.119 e. The average molecular weight is 334 g/mol. The van der Waals surface area contributed by atoms with E-state index in [0.717, 1.165) is 28.6 Å². The molecule has 15 heavy (non-hydrogen) atoms. The maximum atomic E-state index is 5.70. The van der Waals surface area contributed by atoms with Gasteiger partial charge in [0.05, 0.1) is 6.61 Å². The van der Waals surface area contributed by atoms with Gasteiger partial charge in [-0.3, -0.25) is 0 Å². The Kier molecular flexibility index (Phi) is 3.73. The molecule has 0 heterocycles. The topological polar surface area (TPSA) is 9.23 Å². The summed E-state index contributed by atoms with van der Waals surface area (Å²) in [5, 5.41) is 1.11. The van der Waals surface area contributed by atoms with Crippen LogP contribution < -0.4 is 4.74 Å². The van der Waals surface area contributed by atoms with Crippen molar-refractivity contribution in [3.63, 3.8) is 0 Å². The molecule has 0 unspecified atom stereocenters. The molecule has 1 aromatic rings. The van der Waals surface area contributed by atoms with E-state index in [1.807, 2.05) is 24.3 Å². The molecule has 0 bridgehead atoms. The van der Waals surface area contributed by atoms with E-state index >= 15 is 0 Å². The fraction of sp³-hybridized carbons (Fsp3) is 0.500. The second-order valence-corrected chi connectivity index (χ2v) is 5.66. The SMILES string of the molecule is BrCC1(CCOc2ccc(Br)cc2)CC1. The second-order valence-electron chi connectivity index (χ2n) is 4.19. The van der Waals surface area contributed by atoms with Gasteiger partial charge in [0.25, 0.3) is 0 Å². The zero-order chi connectivity index (χ0) is 10.7. The van der Waals surface area contributed by atoms with E-state index < -0.39 is 0 Å². The summed E-state index contributed by atoms with van der Waals surface area (Å²) >= 11 is 6.97. The lowest BCUT2D eigenvalue weighted by Crippen LogP contribution is -2.08. The van der Waals surface area contributed by atoms with Crippen LogP contribution >= 0.6 is 31.9 Å². The fourth-order valence-corrected chi connectivity index (χ4v) is 2.65.